The molecule has 1 fully saturated rings. The maximum atomic E-state index is 13.9. The molecule has 104 valence electrons. The van der Waals surface area contributed by atoms with Crippen molar-refractivity contribution in [2.75, 3.05) is 26.7 Å². The van der Waals surface area contributed by atoms with Crippen molar-refractivity contribution in [1.82, 2.24) is 9.80 Å². The molecule has 1 heterocycles. The molecule has 1 aromatic carbocycles. The molecule has 1 atom stereocenters. The van der Waals surface area contributed by atoms with Gasteiger partial charge in [-0.25, -0.2) is 9.18 Å². The third-order valence-corrected chi connectivity index (χ3v) is 3.83. The summed E-state index contributed by atoms with van der Waals surface area (Å²) in [5.41, 5.74) is 0.511. The molecule has 0 bridgehead atoms. The van der Waals surface area contributed by atoms with Gasteiger partial charge >= 0.3 is 6.03 Å². The van der Waals surface area contributed by atoms with Gasteiger partial charge in [0, 0.05) is 36.8 Å². The van der Waals surface area contributed by atoms with Crippen LogP contribution < -0.4 is 0 Å². The van der Waals surface area contributed by atoms with Crippen LogP contribution in [0.4, 0.5) is 9.18 Å². The van der Waals surface area contributed by atoms with Crippen LogP contribution in [0.5, 0.6) is 0 Å². The lowest BCUT2D eigenvalue weighted by atomic mass is 10.1. The quantitative estimate of drug-likeness (QED) is 0.921. The Labute approximate surface area is 119 Å². The number of halogens is 2. The minimum atomic E-state index is -0.308. The number of carbonyl (C=O) groups excluding carboxylic acids is 1. The van der Waals surface area contributed by atoms with Crippen LogP contribution in [0.3, 0.4) is 0 Å². The molecule has 1 aliphatic rings. The summed E-state index contributed by atoms with van der Waals surface area (Å²) >= 11 is 3.32. The number of aliphatic hydroxyl groups is 1. The van der Waals surface area contributed by atoms with E-state index in [9.17, 15) is 9.18 Å². The Morgan fingerprint density at radius 1 is 1.53 bits per heavy atom. The maximum absolute atomic E-state index is 13.9. The van der Waals surface area contributed by atoms with Crippen molar-refractivity contribution in [1.29, 1.82) is 0 Å². The summed E-state index contributed by atoms with van der Waals surface area (Å²) in [5, 5.41) is 8.82. The zero-order valence-electron chi connectivity index (χ0n) is 10.6. The molecule has 0 spiro atoms. The number of nitrogens with zero attached hydrogens (tertiary/aromatic N) is 2. The summed E-state index contributed by atoms with van der Waals surface area (Å²) in [6, 6.07) is 4.33. The Kier molecular flexibility index (Phi) is 4.42. The van der Waals surface area contributed by atoms with E-state index in [2.05, 4.69) is 15.9 Å². The highest BCUT2D eigenvalue weighted by Crippen LogP contribution is 2.31. The van der Waals surface area contributed by atoms with E-state index in [1.54, 1.807) is 29.0 Å². The van der Waals surface area contributed by atoms with Gasteiger partial charge in [0.05, 0.1) is 6.04 Å². The fourth-order valence-electron chi connectivity index (χ4n) is 2.29. The smallest absolute Gasteiger partial charge is 0.320 e. The predicted molar refractivity (Wildman–Crippen MR) is 73.3 cm³/mol. The molecule has 0 aromatic heterocycles. The summed E-state index contributed by atoms with van der Waals surface area (Å²) in [4.78, 5) is 15.2. The van der Waals surface area contributed by atoms with Gasteiger partial charge in [0.2, 0.25) is 0 Å². The summed E-state index contributed by atoms with van der Waals surface area (Å²) in [6.07, 6.45) is 0.535. The van der Waals surface area contributed by atoms with Crippen molar-refractivity contribution in [2.45, 2.75) is 12.5 Å². The largest absolute Gasteiger partial charge is 0.396 e. The van der Waals surface area contributed by atoms with Gasteiger partial charge in [-0.3, -0.25) is 0 Å². The Hall–Kier alpha value is -1.14. The fourth-order valence-corrected chi connectivity index (χ4v) is 2.67. The van der Waals surface area contributed by atoms with Crippen LogP contribution in [-0.4, -0.2) is 47.7 Å². The van der Waals surface area contributed by atoms with Crippen LogP contribution in [0.25, 0.3) is 0 Å². The third-order valence-electron chi connectivity index (χ3n) is 3.34. The lowest BCUT2D eigenvalue weighted by Crippen LogP contribution is -2.30. The molecule has 1 saturated heterocycles. The Morgan fingerprint density at radius 3 is 2.95 bits per heavy atom. The molecule has 6 heteroatoms. The molecule has 1 aliphatic heterocycles. The SMILES string of the molecule is CN1C(=O)N(CCCO)CC1c1cc(Br)ccc1F. The molecule has 1 aromatic rings. The Balaban J connectivity index is 2.21. The van der Waals surface area contributed by atoms with E-state index in [1.165, 1.54) is 6.07 Å². The molecule has 0 saturated carbocycles. The zero-order chi connectivity index (χ0) is 14.0. The second-order valence-electron chi connectivity index (χ2n) is 4.60. The number of aliphatic hydroxyl groups excluding tert-OH is 1. The van der Waals surface area contributed by atoms with Gasteiger partial charge in [0.15, 0.2) is 0 Å². The van der Waals surface area contributed by atoms with Crippen molar-refractivity contribution in [3.05, 3.63) is 34.1 Å². The number of hydrogen-bond donors (Lipinski definition) is 1. The van der Waals surface area contributed by atoms with Crippen molar-refractivity contribution >= 4 is 22.0 Å². The second-order valence-corrected chi connectivity index (χ2v) is 5.51. The molecule has 1 unspecified atom stereocenters. The first-order chi connectivity index (χ1) is 9.04. The van der Waals surface area contributed by atoms with Gasteiger partial charge in [0.25, 0.3) is 0 Å². The van der Waals surface area contributed by atoms with E-state index < -0.39 is 0 Å². The molecule has 19 heavy (non-hydrogen) atoms. The summed E-state index contributed by atoms with van der Waals surface area (Å²) in [5.74, 6) is -0.308. The van der Waals surface area contributed by atoms with Crippen molar-refractivity contribution in [3.8, 4) is 0 Å². The molecule has 0 radical (unpaired) electrons. The van der Waals surface area contributed by atoms with E-state index in [0.717, 1.165) is 4.47 Å². The minimum Gasteiger partial charge on any atom is -0.396 e. The second kappa shape index (κ2) is 5.88. The predicted octanol–water partition coefficient (Wildman–Crippen LogP) is 2.38. The van der Waals surface area contributed by atoms with Gasteiger partial charge in [0.1, 0.15) is 5.82 Å². The molecule has 1 N–H and O–H groups in total. The highest BCUT2D eigenvalue weighted by Gasteiger charge is 2.36. The monoisotopic (exact) mass is 330 g/mol. The molecular weight excluding hydrogens is 315 g/mol. The topological polar surface area (TPSA) is 43.8 Å². The van der Waals surface area contributed by atoms with Crippen LogP contribution in [0, 0.1) is 5.82 Å². The van der Waals surface area contributed by atoms with Crippen LogP contribution in [0.1, 0.15) is 18.0 Å². The lowest BCUT2D eigenvalue weighted by molar-refractivity contribution is 0.190. The summed E-state index contributed by atoms with van der Waals surface area (Å²) in [6.45, 7) is 0.984. The van der Waals surface area contributed by atoms with Crippen LogP contribution in [0.2, 0.25) is 0 Å². The normalized spacial score (nSPS) is 19.4. The maximum Gasteiger partial charge on any atom is 0.320 e. The average Bonchev–Trinajstić information content (AvgIpc) is 2.67. The van der Waals surface area contributed by atoms with Gasteiger partial charge in [-0.05, 0) is 24.6 Å². The average molecular weight is 331 g/mol. The van der Waals surface area contributed by atoms with E-state index in [0.29, 0.717) is 25.1 Å². The highest BCUT2D eigenvalue weighted by atomic mass is 79.9. The van der Waals surface area contributed by atoms with Crippen molar-refractivity contribution in [2.24, 2.45) is 0 Å². The zero-order valence-corrected chi connectivity index (χ0v) is 12.2. The van der Waals surface area contributed by atoms with Gasteiger partial charge in [-0.15, -0.1) is 0 Å². The standard InChI is InChI=1S/C13H16BrFN2O2/c1-16-12(8-17(13(16)19)5-2-6-18)10-7-9(14)3-4-11(10)15/h3-4,7,12,18H,2,5-6,8H2,1H3. The molecule has 2 rings (SSSR count). The van der Waals surface area contributed by atoms with Gasteiger partial charge in [-0.2, -0.15) is 0 Å². The lowest BCUT2D eigenvalue weighted by Gasteiger charge is -2.18. The molecule has 2 amide bonds. The van der Waals surface area contributed by atoms with Crippen molar-refractivity contribution < 1.29 is 14.3 Å². The van der Waals surface area contributed by atoms with Gasteiger partial charge < -0.3 is 14.9 Å². The number of amides is 2. The van der Waals surface area contributed by atoms with Gasteiger partial charge in [-0.1, -0.05) is 15.9 Å². The summed E-state index contributed by atoms with van der Waals surface area (Å²) < 4.78 is 14.7. The first-order valence-electron chi connectivity index (χ1n) is 6.12. The number of benzene rings is 1. The number of urea groups is 1. The fraction of sp³-hybridized carbons (Fsp3) is 0.462. The number of likely N-dealkylation sites (N-methyl/N-ethyl adjacent to an activating group) is 1. The molecular formula is C13H16BrFN2O2. The van der Waals surface area contributed by atoms with Crippen LogP contribution in [-0.2, 0) is 0 Å². The highest BCUT2D eigenvalue weighted by molar-refractivity contribution is 9.10. The van der Waals surface area contributed by atoms with Crippen LogP contribution >= 0.6 is 15.9 Å². The van der Waals surface area contributed by atoms with E-state index in [4.69, 9.17) is 5.11 Å². The minimum absolute atomic E-state index is 0.0450. The number of carbonyl (C=O) groups is 1. The number of rotatable bonds is 4. The Morgan fingerprint density at radius 2 is 2.26 bits per heavy atom. The summed E-state index contributed by atoms with van der Waals surface area (Å²) in [7, 11) is 1.67. The Bertz CT molecular complexity index is 484. The van der Waals surface area contributed by atoms with E-state index in [1.807, 2.05) is 0 Å². The van der Waals surface area contributed by atoms with Crippen molar-refractivity contribution in [3.63, 3.8) is 0 Å². The molecule has 0 aliphatic carbocycles. The van der Waals surface area contributed by atoms with E-state index in [-0.39, 0.29) is 24.5 Å². The molecule has 4 nitrogen and oxygen atoms in total. The first kappa shape index (κ1) is 14.3. The number of hydrogen-bond acceptors (Lipinski definition) is 2. The van der Waals surface area contributed by atoms with E-state index >= 15 is 0 Å². The first-order valence-corrected chi connectivity index (χ1v) is 6.91. The van der Waals surface area contributed by atoms with Crippen LogP contribution in [0.15, 0.2) is 22.7 Å². The third kappa shape index (κ3) is 2.90.